The van der Waals surface area contributed by atoms with Gasteiger partial charge in [-0.25, -0.2) is 24.7 Å². The minimum absolute atomic E-state index is 0.0550. The van der Waals surface area contributed by atoms with Gasteiger partial charge in [0.25, 0.3) is 0 Å². The lowest BCUT2D eigenvalue weighted by Crippen LogP contribution is -2.46. The van der Waals surface area contributed by atoms with Gasteiger partial charge in [-0.05, 0) is 37.5 Å². The number of rotatable bonds is 4. The number of hydrogen-bond acceptors (Lipinski definition) is 7. The molecular formula is C21H26N8O. The van der Waals surface area contributed by atoms with Gasteiger partial charge in [0.05, 0.1) is 6.20 Å². The number of aryl methyl sites for hydroxylation is 1. The van der Waals surface area contributed by atoms with Gasteiger partial charge in [-0.15, -0.1) is 0 Å². The number of amides is 2. The Bertz CT molecular complexity index is 1050. The van der Waals surface area contributed by atoms with E-state index in [9.17, 15) is 4.79 Å². The number of aromatic nitrogens is 4. The van der Waals surface area contributed by atoms with Crippen molar-refractivity contribution in [3.63, 3.8) is 0 Å². The van der Waals surface area contributed by atoms with Crippen LogP contribution in [0.15, 0.2) is 36.8 Å². The van der Waals surface area contributed by atoms with Crippen molar-refractivity contribution in [2.24, 2.45) is 0 Å². The third-order valence-electron chi connectivity index (χ3n) is 5.14. The summed E-state index contributed by atoms with van der Waals surface area (Å²) in [6.45, 7) is 3.47. The highest BCUT2D eigenvalue weighted by Gasteiger charge is 2.24. The molecule has 1 saturated heterocycles. The molecule has 9 nitrogen and oxygen atoms in total. The van der Waals surface area contributed by atoms with Crippen LogP contribution in [0.4, 0.5) is 22.2 Å². The summed E-state index contributed by atoms with van der Waals surface area (Å²) in [6.07, 6.45) is 4.91. The second kappa shape index (κ2) is 8.48. The number of carbonyl (C=O) groups excluding carboxylic acids is 1. The van der Waals surface area contributed by atoms with Crippen molar-refractivity contribution in [1.29, 1.82) is 0 Å². The third kappa shape index (κ3) is 4.40. The van der Waals surface area contributed by atoms with E-state index in [2.05, 4.69) is 36.6 Å². The van der Waals surface area contributed by atoms with Crippen molar-refractivity contribution in [3.05, 3.63) is 42.4 Å². The molecule has 0 bridgehead atoms. The molecule has 1 aliphatic heterocycles. The second-order valence-corrected chi connectivity index (χ2v) is 7.73. The zero-order valence-electron chi connectivity index (χ0n) is 17.5. The van der Waals surface area contributed by atoms with Crippen LogP contribution in [0.1, 0.15) is 18.4 Å². The van der Waals surface area contributed by atoms with Gasteiger partial charge in [0.1, 0.15) is 17.4 Å². The van der Waals surface area contributed by atoms with E-state index < -0.39 is 0 Å². The Hall–Kier alpha value is -3.49. The van der Waals surface area contributed by atoms with E-state index >= 15 is 0 Å². The van der Waals surface area contributed by atoms with E-state index in [0.29, 0.717) is 35.9 Å². The summed E-state index contributed by atoms with van der Waals surface area (Å²) in [4.78, 5) is 33.3. The lowest BCUT2D eigenvalue weighted by atomic mass is 10.1. The average Bonchev–Trinajstić information content (AvgIpc) is 2.74. The van der Waals surface area contributed by atoms with Crippen molar-refractivity contribution < 1.29 is 4.79 Å². The van der Waals surface area contributed by atoms with Crippen LogP contribution < -0.4 is 10.6 Å². The second-order valence-electron chi connectivity index (χ2n) is 7.73. The first kappa shape index (κ1) is 19.8. The predicted molar refractivity (Wildman–Crippen MR) is 117 cm³/mol. The fraction of sp³-hybridized carbons (Fsp3) is 0.381. The standard InChI is InChI=1S/C21H26N8O/c1-14-5-4-6-16(11-14)25-19-18-17(23-13-24-19)12-22-20(27-18)26-15-7-9-29(10-8-15)21(30)28(2)3/h4-6,11-13,15H,7-10H2,1-3H3,(H,22,26,27)(H,23,24,25). The zero-order valence-corrected chi connectivity index (χ0v) is 17.5. The molecule has 1 aliphatic rings. The molecule has 4 rings (SSSR count). The van der Waals surface area contributed by atoms with Crippen molar-refractivity contribution in [3.8, 4) is 0 Å². The number of piperidine rings is 1. The fourth-order valence-electron chi connectivity index (χ4n) is 3.56. The summed E-state index contributed by atoms with van der Waals surface area (Å²) in [6, 6.07) is 8.36. The molecule has 0 radical (unpaired) electrons. The Kier molecular flexibility index (Phi) is 5.60. The third-order valence-corrected chi connectivity index (χ3v) is 5.14. The maximum absolute atomic E-state index is 12.1. The van der Waals surface area contributed by atoms with E-state index in [1.165, 1.54) is 6.33 Å². The van der Waals surface area contributed by atoms with Crippen LogP contribution in [0.3, 0.4) is 0 Å². The van der Waals surface area contributed by atoms with Gasteiger partial charge in [-0.3, -0.25) is 0 Å². The summed E-state index contributed by atoms with van der Waals surface area (Å²) in [5.74, 6) is 1.18. The van der Waals surface area contributed by atoms with Gasteiger partial charge < -0.3 is 20.4 Å². The van der Waals surface area contributed by atoms with Gasteiger partial charge in [0.15, 0.2) is 5.82 Å². The van der Waals surface area contributed by atoms with Crippen LogP contribution in [0.2, 0.25) is 0 Å². The van der Waals surface area contributed by atoms with Crippen LogP contribution in [0.5, 0.6) is 0 Å². The molecule has 3 heterocycles. The van der Waals surface area contributed by atoms with Crippen molar-refractivity contribution in [2.45, 2.75) is 25.8 Å². The molecular weight excluding hydrogens is 380 g/mol. The number of nitrogens with one attached hydrogen (secondary N) is 2. The number of carbonyl (C=O) groups is 1. The number of anilines is 3. The summed E-state index contributed by atoms with van der Waals surface area (Å²) in [5, 5.41) is 6.73. The molecule has 0 saturated carbocycles. The van der Waals surface area contributed by atoms with Gasteiger partial charge >= 0.3 is 6.03 Å². The molecule has 0 unspecified atom stereocenters. The van der Waals surface area contributed by atoms with E-state index in [0.717, 1.165) is 24.1 Å². The molecule has 2 N–H and O–H groups in total. The van der Waals surface area contributed by atoms with Gasteiger partial charge in [0, 0.05) is 38.9 Å². The topological polar surface area (TPSA) is 99.2 Å². The summed E-state index contributed by atoms with van der Waals surface area (Å²) < 4.78 is 0. The molecule has 0 spiro atoms. The molecule has 2 aromatic heterocycles. The molecule has 156 valence electrons. The normalized spacial score (nSPS) is 14.6. The number of likely N-dealkylation sites (tertiary alicyclic amines) is 1. The van der Waals surface area contributed by atoms with Crippen LogP contribution in [0, 0.1) is 6.92 Å². The monoisotopic (exact) mass is 406 g/mol. The summed E-state index contributed by atoms with van der Waals surface area (Å²) in [7, 11) is 3.56. The maximum atomic E-state index is 12.1. The number of urea groups is 1. The highest BCUT2D eigenvalue weighted by atomic mass is 16.2. The highest BCUT2D eigenvalue weighted by Crippen LogP contribution is 2.23. The van der Waals surface area contributed by atoms with Crippen molar-refractivity contribution >= 4 is 34.5 Å². The minimum atomic E-state index is 0.0550. The van der Waals surface area contributed by atoms with Gasteiger partial charge in [-0.1, -0.05) is 12.1 Å². The Labute approximate surface area is 175 Å². The molecule has 0 atom stereocenters. The molecule has 0 aliphatic carbocycles. The quantitative estimate of drug-likeness (QED) is 0.687. The van der Waals surface area contributed by atoms with E-state index in [-0.39, 0.29) is 12.1 Å². The lowest BCUT2D eigenvalue weighted by molar-refractivity contribution is 0.158. The molecule has 3 aromatic rings. The van der Waals surface area contributed by atoms with Crippen molar-refractivity contribution in [1.82, 2.24) is 29.7 Å². The number of nitrogens with zero attached hydrogens (tertiary/aromatic N) is 6. The molecule has 30 heavy (non-hydrogen) atoms. The number of benzene rings is 1. The Morgan fingerprint density at radius 2 is 1.97 bits per heavy atom. The van der Waals surface area contributed by atoms with Crippen molar-refractivity contribution in [2.75, 3.05) is 37.8 Å². The SMILES string of the molecule is Cc1cccc(Nc2ncnc3cnc(NC4CCN(C(=O)N(C)C)CC4)nc23)c1. The molecule has 9 heteroatoms. The first-order valence-corrected chi connectivity index (χ1v) is 10.0. The van der Waals surface area contributed by atoms with E-state index in [1.807, 2.05) is 30.0 Å². The summed E-state index contributed by atoms with van der Waals surface area (Å²) >= 11 is 0. The maximum Gasteiger partial charge on any atom is 0.319 e. The fourth-order valence-corrected chi connectivity index (χ4v) is 3.56. The smallest absolute Gasteiger partial charge is 0.319 e. The minimum Gasteiger partial charge on any atom is -0.351 e. The lowest BCUT2D eigenvalue weighted by Gasteiger charge is -2.33. The highest BCUT2D eigenvalue weighted by molar-refractivity contribution is 5.87. The average molecular weight is 406 g/mol. The van der Waals surface area contributed by atoms with Gasteiger partial charge in [-0.2, -0.15) is 0 Å². The van der Waals surface area contributed by atoms with Crippen LogP contribution in [0.25, 0.3) is 11.0 Å². The first-order valence-electron chi connectivity index (χ1n) is 10.0. The molecule has 1 aromatic carbocycles. The number of hydrogen-bond donors (Lipinski definition) is 2. The Morgan fingerprint density at radius 3 is 2.70 bits per heavy atom. The molecule has 1 fully saturated rings. The van der Waals surface area contributed by atoms with E-state index in [4.69, 9.17) is 0 Å². The Morgan fingerprint density at radius 1 is 1.17 bits per heavy atom. The van der Waals surface area contributed by atoms with Gasteiger partial charge in [0.2, 0.25) is 5.95 Å². The van der Waals surface area contributed by atoms with E-state index in [1.54, 1.807) is 25.2 Å². The predicted octanol–water partition coefficient (Wildman–Crippen LogP) is 3.03. The Balaban J connectivity index is 1.49. The zero-order chi connectivity index (χ0) is 21.1. The first-order chi connectivity index (χ1) is 14.5. The van der Waals surface area contributed by atoms with Crippen LogP contribution in [-0.4, -0.2) is 69.0 Å². The largest absolute Gasteiger partial charge is 0.351 e. The molecule has 2 amide bonds. The summed E-state index contributed by atoms with van der Waals surface area (Å²) in [5.41, 5.74) is 3.45. The van der Waals surface area contributed by atoms with Crippen LogP contribution >= 0.6 is 0 Å². The number of fused-ring (bicyclic) bond motifs is 1. The van der Waals surface area contributed by atoms with Crippen LogP contribution in [-0.2, 0) is 0 Å².